The number of hydrogen-bond acceptors (Lipinski definition) is 4. The Bertz CT molecular complexity index is 412. The van der Waals surface area contributed by atoms with Crippen LogP contribution in [0.15, 0.2) is 30.3 Å². The van der Waals surface area contributed by atoms with Crippen molar-refractivity contribution in [3.8, 4) is 5.75 Å². The quantitative estimate of drug-likeness (QED) is 0.743. The molecule has 0 amide bonds. The van der Waals surface area contributed by atoms with Crippen molar-refractivity contribution in [3.05, 3.63) is 30.3 Å². The van der Waals surface area contributed by atoms with Crippen molar-refractivity contribution in [3.63, 3.8) is 0 Å². The molecule has 2 N–H and O–H groups in total. The van der Waals surface area contributed by atoms with Crippen LogP contribution in [-0.2, 0) is 9.53 Å². The van der Waals surface area contributed by atoms with Gasteiger partial charge in [0.15, 0.2) is 6.10 Å². The third-order valence-electron chi connectivity index (χ3n) is 2.63. The van der Waals surface area contributed by atoms with E-state index < -0.39 is 24.2 Å². The zero-order valence-electron chi connectivity index (χ0n) is 11.5. The molecule has 1 aromatic carbocycles. The highest BCUT2D eigenvalue weighted by Crippen LogP contribution is 2.18. The van der Waals surface area contributed by atoms with Crippen LogP contribution in [0, 0.1) is 0 Å². The van der Waals surface area contributed by atoms with Gasteiger partial charge < -0.3 is 20.0 Å². The minimum atomic E-state index is -2.74. The van der Waals surface area contributed by atoms with Gasteiger partial charge in [0.05, 0.1) is 12.1 Å². The van der Waals surface area contributed by atoms with Gasteiger partial charge in [-0.25, -0.2) is 8.78 Å². The second-order valence-electron chi connectivity index (χ2n) is 4.87. The van der Waals surface area contributed by atoms with Crippen LogP contribution in [0.25, 0.3) is 0 Å². The second kappa shape index (κ2) is 7.31. The highest BCUT2D eigenvalue weighted by Gasteiger charge is 2.31. The van der Waals surface area contributed by atoms with E-state index in [0.717, 1.165) is 0 Å². The van der Waals surface area contributed by atoms with Gasteiger partial charge in [-0.1, -0.05) is 18.2 Å². The van der Waals surface area contributed by atoms with Gasteiger partial charge in [0.1, 0.15) is 18.1 Å². The summed E-state index contributed by atoms with van der Waals surface area (Å²) in [6, 6.07) is 8.60. The first-order chi connectivity index (χ1) is 9.35. The molecule has 1 aromatic rings. The van der Waals surface area contributed by atoms with E-state index in [2.05, 4.69) is 0 Å². The van der Waals surface area contributed by atoms with E-state index in [-0.39, 0.29) is 6.61 Å². The zero-order chi connectivity index (χ0) is 15.2. The first-order valence-electron chi connectivity index (χ1n) is 6.22. The van der Waals surface area contributed by atoms with Gasteiger partial charge in [-0.2, -0.15) is 0 Å². The standard InChI is InChI=1S/C14H19F2NO3/c1-10(20-11-6-4-3-5-7-11)12(13(15)16)19-9-14(2,17)8-18/h3-8,10,12-13H,9,17H2,1-2H3/t10-,12-,14-/m0/s1. The molecule has 6 heteroatoms. The maximum absolute atomic E-state index is 13.0. The Morgan fingerprint density at radius 3 is 2.45 bits per heavy atom. The van der Waals surface area contributed by atoms with Gasteiger partial charge in [-0.3, -0.25) is 0 Å². The van der Waals surface area contributed by atoms with E-state index in [0.29, 0.717) is 12.0 Å². The number of nitrogens with two attached hydrogens (primary N) is 1. The zero-order valence-corrected chi connectivity index (χ0v) is 11.5. The predicted octanol–water partition coefficient (Wildman–Crippen LogP) is 2.02. The Kier molecular flexibility index (Phi) is 6.04. The average Bonchev–Trinajstić information content (AvgIpc) is 2.39. The summed E-state index contributed by atoms with van der Waals surface area (Å²) in [5.41, 5.74) is 4.25. The first-order valence-corrected chi connectivity index (χ1v) is 6.22. The van der Waals surface area contributed by atoms with Crippen molar-refractivity contribution in [2.24, 2.45) is 5.73 Å². The van der Waals surface area contributed by atoms with E-state index in [9.17, 15) is 13.6 Å². The summed E-state index contributed by atoms with van der Waals surface area (Å²) in [6.45, 7) is 2.60. The number of alkyl halides is 2. The van der Waals surface area contributed by atoms with E-state index in [1.165, 1.54) is 13.8 Å². The maximum atomic E-state index is 13.0. The van der Waals surface area contributed by atoms with Crippen LogP contribution >= 0.6 is 0 Å². The fourth-order valence-corrected chi connectivity index (χ4v) is 1.50. The lowest BCUT2D eigenvalue weighted by molar-refractivity contribution is -0.126. The molecule has 0 heterocycles. The van der Waals surface area contributed by atoms with Crippen molar-refractivity contribution < 1.29 is 23.0 Å². The van der Waals surface area contributed by atoms with Crippen molar-refractivity contribution in [1.82, 2.24) is 0 Å². The Labute approximate surface area is 116 Å². The number of benzene rings is 1. The van der Waals surface area contributed by atoms with Crippen LogP contribution in [0.4, 0.5) is 8.78 Å². The molecule has 0 aromatic heterocycles. The summed E-state index contributed by atoms with van der Waals surface area (Å²) in [5.74, 6) is 0.472. The van der Waals surface area contributed by atoms with E-state index in [1.807, 2.05) is 0 Å². The number of rotatable bonds is 8. The molecule has 0 saturated carbocycles. The lowest BCUT2D eigenvalue weighted by Gasteiger charge is -2.27. The van der Waals surface area contributed by atoms with Gasteiger partial charge in [0, 0.05) is 0 Å². The second-order valence-corrected chi connectivity index (χ2v) is 4.87. The van der Waals surface area contributed by atoms with Crippen molar-refractivity contribution >= 4 is 6.29 Å². The number of para-hydroxylation sites is 1. The Morgan fingerprint density at radius 1 is 1.35 bits per heavy atom. The topological polar surface area (TPSA) is 61.6 Å². The van der Waals surface area contributed by atoms with Gasteiger partial charge in [-0.15, -0.1) is 0 Å². The molecule has 0 aliphatic rings. The average molecular weight is 287 g/mol. The molecular formula is C14H19F2NO3. The molecule has 0 aliphatic carbocycles. The van der Waals surface area contributed by atoms with Crippen molar-refractivity contribution in [1.29, 1.82) is 0 Å². The number of hydrogen-bond donors (Lipinski definition) is 1. The molecule has 3 atom stereocenters. The molecule has 0 unspecified atom stereocenters. The minimum absolute atomic E-state index is 0.298. The third kappa shape index (κ3) is 5.22. The van der Waals surface area contributed by atoms with Crippen LogP contribution in [-0.4, -0.2) is 37.1 Å². The summed E-state index contributed by atoms with van der Waals surface area (Å²) >= 11 is 0. The molecule has 20 heavy (non-hydrogen) atoms. The lowest BCUT2D eigenvalue weighted by Crippen LogP contribution is -2.47. The van der Waals surface area contributed by atoms with Gasteiger partial charge in [0.2, 0.25) is 0 Å². The van der Waals surface area contributed by atoms with Crippen LogP contribution in [0.3, 0.4) is 0 Å². The van der Waals surface area contributed by atoms with Crippen LogP contribution in [0.1, 0.15) is 13.8 Å². The number of halogens is 2. The van der Waals surface area contributed by atoms with Crippen LogP contribution < -0.4 is 10.5 Å². The highest BCUT2D eigenvalue weighted by molar-refractivity contribution is 5.63. The molecule has 1 rings (SSSR count). The number of aldehydes is 1. The number of carbonyl (C=O) groups is 1. The molecule has 4 nitrogen and oxygen atoms in total. The van der Waals surface area contributed by atoms with E-state index >= 15 is 0 Å². The molecule has 0 saturated heterocycles. The van der Waals surface area contributed by atoms with Crippen LogP contribution in [0.2, 0.25) is 0 Å². The maximum Gasteiger partial charge on any atom is 0.267 e. The molecule has 112 valence electrons. The molecule has 0 radical (unpaired) electrons. The predicted molar refractivity (Wildman–Crippen MR) is 70.9 cm³/mol. The largest absolute Gasteiger partial charge is 0.488 e. The molecular weight excluding hydrogens is 268 g/mol. The van der Waals surface area contributed by atoms with E-state index in [1.54, 1.807) is 30.3 Å². The monoisotopic (exact) mass is 287 g/mol. The SMILES string of the molecule is C[C@H](Oc1ccccc1)[C@H](OC[C@@](C)(N)C=O)C(F)F. The van der Waals surface area contributed by atoms with Crippen LogP contribution in [0.5, 0.6) is 5.75 Å². The Balaban J connectivity index is 2.63. The summed E-state index contributed by atoms with van der Waals surface area (Å²) in [5, 5.41) is 0. The minimum Gasteiger partial charge on any atom is -0.488 e. The first kappa shape index (κ1) is 16.5. The molecule has 0 fully saturated rings. The molecule has 0 aliphatic heterocycles. The van der Waals surface area contributed by atoms with Gasteiger partial charge >= 0.3 is 0 Å². The smallest absolute Gasteiger partial charge is 0.267 e. The number of ether oxygens (including phenoxy) is 2. The number of carbonyl (C=O) groups excluding carboxylic acids is 1. The molecule has 0 spiro atoms. The normalized spacial score (nSPS) is 17.3. The molecule has 0 bridgehead atoms. The summed E-state index contributed by atoms with van der Waals surface area (Å²) < 4.78 is 36.5. The fraction of sp³-hybridized carbons (Fsp3) is 0.500. The Hall–Kier alpha value is -1.53. The lowest BCUT2D eigenvalue weighted by atomic mass is 10.1. The Morgan fingerprint density at radius 2 is 1.95 bits per heavy atom. The third-order valence-corrected chi connectivity index (χ3v) is 2.63. The summed E-state index contributed by atoms with van der Waals surface area (Å²) in [6.07, 6.45) is -4.60. The fourth-order valence-electron chi connectivity index (χ4n) is 1.50. The van der Waals surface area contributed by atoms with Crippen molar-refractivity contribution in [2.45, 2.75) is 38.0 Å². The summed E-state index contributed by atoms with van der Waals surface area (Å²) in [4.78, 5) is 10.6. The van der Waals surface area contributed by atoms with E-state index in [4.69, 9.17) is 15.2 Å². The van der Waals surface area contributed by atoms with Gasteiger partial charge in [0.25, 0.3) is 6.43 Å². The van der Waals surface area contributed by atoms with Crippen molar-refractivity contribution in [2.75, 3.05) is 6.61 Å². The highest BCUT2D eigenvalue weighted by atomic mass is 19.3. The van der Waals surface area contributed by atoms with Gasteiger partial charge in [-0.05, 0) is 26.0 Å². The summed E-state index contributed by atoms with van der Waals surface area (Å²) in [7, 11) is 0.